The second kappa shape index (κ2) is 12.1. The summed E-state index contributed by atoms with van der Waals surface area (Å²) in [5.41, 5.74) is 0.456. The van der Waals surface area contributed by atoms with Gasteiger partial charge in [0, 0.05) is 44.2 Å². The Morgan fingerprint density at radius 3 is 2.79 bits per heavy atom. The second-order valence-corrected chi connectivity index (χ2v) is 9.32. The van der Waals surface area contributed by atoms with Crippen molar-refractivity contribution >= 4 is 34.1 Å². The number of nitrogens with zero attached hydrogens (tertiary/aromatic N) is 7. The van der Waals surface area contributed by atoms with Crippen molar-refractivity contribution in [1.29, 1.82) is 0 Å². The van der Waals surface area contributed by atoms with E-state index in [1.54, 1.807) is 0 Å². The number of amides is 1. The fraction of sp³-hybridized carbons (Fsp3) is 0.346. The van der Waals surface area contributed by atoms with Crippen LogP contribution in [0, 0.1) is 11.6 Å². The first-order valence-corrected chi connectivity index (χ1v) is 12.6. The molecule has 5 rings (SSSR count). The van der Waals surface area contributed by atoms with Gasteiger partial charge in [-0.3, -0.25) is 4.79 Å². The zero-order valence-corrected chi connectivity index (χ0v) is 21.5. The molecule has 39 heavy (non-hydrogen) atoms. The highest BCUT2D eigenvalue weighted by atomic mass is 19.2. The summed E-state index contributed by atoms with van der Waals surface area (Å²) in [7, 11) is 2.15. The SMILES string of the molecule is CN1CCN(CCCOc2ccc3c(Nc4cn(CC(=O)Nc5cccc(F)c5F)nn4)ncnc3c2)CC1. The molecular formula is C26H29F2N9O2. The van der Waals surface area contributed by atoms with E-state index in [1.165, 1.54) is 29.3 Å². The van der Waals surface area contributed by atoms with Crippen LogP contribution < -0.4 is 15.4 Å². The van der Waals surface area contributed by atoms with Crippen LogP contribution >= 0.6 is 0 Å². The molecule has 3 heterocycles. The predicted octanol–water partition coefficient (Wildman–Crippen LogP) is 2.90. The van der Waals surface area contributed by atoms with Crippen LogP contribution in [0.4, 0.5) is 26.1 Å². The number of likely N-dealkylation sites (N-methyl/N-ethyl adjacent to an activating group) is 1. The van der Waals surface area contributed by atoms with Gasteiger partial charge in [0.05, 0.1) is 24.0 Å². The predicted molar refractivity (Wildman–Crippen MR) is 142 cm³/mol. The molecule has 0 aliphatic carbocycles. The lowest BCUT2D eigenvalue weighted by Gasteiger charge is -2.32. The number of halogens is 2. The molecule has 1 aliphatic rings. The molecule has 1 amide bonds. The van der Waals surface area contributed by atoms with Crippen molar-refractivity contribution in [3.05, 3.63) is 60.6 Å². The van der Waals surface area contributed by atoms with Crippen LogP contribution in [0.15, 0.2) is 48.9 Å². The molecule has 0 saturated carbocycles. The van der Waals surface area contributed by atoms with Gasteiger partial charge in [-0.25, -0.2) is 23.4 Å². The Hall–Kier alpha value is -4.23. The summed E-state index contributed by atoms with van der Waals surface area (Å²) in [6, 6.07) is 9.17. The summed E-state index contributed by atoms with van der Waals surface area (Å²) in [5, 5.41) is 14.1. The van der Waals surface area contributed by atoms with E-state index in [1.807, 2.05) is 18.2 Å². The Morgan fingerprint density at radius 1 is 1.10 bits per heavy atom. The quantitative estimate of drug-likeness (QED) is 0.295. The van der Waals surface area contributed by atoms with E-state index < -0.39 is 17.5 Å². The molecule has 0 atom stereocenters. The molecule has 0 bridgehead atoms. The van der Waals surface area contributed by atoms with Crippen LogP contribution in [-0.2, 0) is 11.3 Å². The lowest BCUT2D eigenvalue weighted by Crippen LogP contribution is -2.44. The number of hydrogen-bond donors (Lipinski definition) is 2. The van der Waals surface area contributed by atoms with E-state index in [-0.39, 0.29) is 12.2 Å². The number of aromatic nitrogens is 5. The average Bonchev–Trinajstić information content (AvgIpc) is 3.36. The van der Waals surface area contributed by atoms with Gasteiger partial charge in [0.2, 0.25) is 5.91 Å². The first-order valence-electron chi connectivity index (χ1n) is 12.6. The molecule has 11 nitrogen and oxygen atoms in total. The Morgan fingerprint density at radius 2 is 1.95 bits per heavy atom. The van der Waals surface area contributed by atoms with Crippen molar-refractivity contribution in [3.63, 3.8) is 0 Å². The number of piperazine rings is 1. The summed E-state index contributed by atoms with van der Waals surface area (Å²) in [4.78, 5) is 25.7. The maximum Gasteiger partial charge on any atom is 0.246 e. The van der Waals surface area contributed by atoms with E-state index >= 15 is 0 Å². The summed E-state index contributed by atoms with van der Waals surface area (Å²) in [5.74, 6) is -1.15. The monoisotopic (exact) mass is 537 g/mol. The second-order valence-electron chi connectivity index (χ2n) is 9.32. The van der Waals surface area contributed by atoms with Gasteiger partial charge in [-0.05, 0) is 37.7 Å². The van der Waals surface area contributed by atoms with Crippen LogP contribution in [0.2, 0.25) is 0 Å². The molecular weight excluding hydrogens is 508 g/mol. The van der Waals surface area contributed by atoms with Gasteiger partial charge in [0.15, 0.2) is 17.5 Å². The Balaban J connectivity index is 1.15. The van der Waals surface area contributed by atoms with Crippen molar-refractivity contribution in [2.24, 2.45) is 0 Å². The fourth-order valence-corrected chi connectivity index (χ4v) is 4.27. The molecule has 0 radical (unpaired) electrons. The van der Waals surface area contributed by atoms with E-state index in [4.69, 9.17) is 4.74 Å². The number of ether oxygens (including phenoxy) is 1. The van der Waals surface area contributed by atoms with Gasteiger partial charge >= 0.3 is 0 Å². The van der Waals surface area contributed by atoms with E-state index in [0.29, 0.717) is 23.8 Å². The summed E-state index contributed by atoms with van der Waals surface area (Å²) >= 11 is 0. The van der Waals surface area contributed by atoms with Crippen molar-refractivity contribution in [2.75, 3.05) is 57.0 Å². The van der Waals surface area contributed by atoms with E-state index in [0.717, 1.165) is 56.3 Å². The Bertz CT molecular complexity index is 1440. The van der Waals surface area contributed by atoms with E-state index in [9.17, 15) is 13.6 Å². The van der Waals surface area contributed by atoms with Crippen LogP contribution in [-0.4, -0.2) is 87.0 Å². The van der Waals surface area contributed by atoms with Gasteiger partial charge in [-0.15, -0.1) is 5.10 Å². The van der Waals surface area contributed by atoms with Gasteiger partial charge in [0.25, 0.3) is 0 Å². The maximum atomic E-state index is 13.8. The Kier molecular flexibility index (Phi) is 8.18. The molecule has 204 valence electrons. The number of nitrogens with one attached hydrogen (secondary N) is 2. The number of anilines is 3. The average molecular weight is 538 g/mol. The number of carbonyl (C=O) groups excluding carboxylic acids is 1. The topological polar surface area (TPSA) is 113 Å². The van der Waals surface area contributed by atoms with Crippen molar-refractivity contribution in [2.45, 2.75) is 13.0 Å². The fourth-order valence-electron chi connectivity index (χ4n) is 4.27. The smallest absolute Gasteiger partial charge is 0.246 e. The standard InChI is InChI=1S/C26H29F2N9O2/c1-35-9-11-36(12-10-35)8-3-13-39-18-6-7-19-22(14-18)29-17-30-26(19)32-23-15-37(34-33-23)16-24(38)31-21-5-2-4-20(27)25(21)28/h2,4-7,14-15,17H,3,8-13,16H2,1H3,(H,31,38)(H,29,30,32). The normalized spacial score (nSPS) is 14.4. The first kappa shape index (κ1) is 26.4. The van der Waals surface area contributed by atoms with Gasteiger partial charge in [-0.2, -0.15) is 0 Å². The molecule has 1 saturated heterocycles. The lowest BCUT2D eigenvalue weighted by molar-refractivity contribution is -0.117. The first-order chi connectivity index (χ1) is 18.9. The molecule has 4 aromatic rings. The number of fused-ring (bicyclic) bond motifs is 1. The molecule has 1 fully saturated rings. The molecule has 2 aromatic heterocycles. The lowest BCUT2D eigenvalue weighted by atomic mass is 10.2. The van der Waals surface area contributed by atoms with Gasteiger partial charge in [0.1, 0.15) is 24.4 Å². The van der Waals surface area contributed by atoms with Crippen molar-refractivity contribution in [3.8, 4) is 5.75 Å². The molecule has 0 spiro atoms. The highest BCUT2D eigenvalue weighted by Crippen LogP contribution is 2.26. The number of carbonyl (C=O) groups is 1. The number of hydrogen-bond acceptors (Lipinski definition) is 9. The molecule has 1 aliphatic heterocycles. The molecule has 13 heteroatoms. The largest absolute Gasteiger partial charge is 0.493 e. The minimum atomic E-state index is -1.12. The maximum absolute atomic E-state index is 13.8. The zero-order chi connectivity index (χ0) is 27.2. The number of rotatable bonds is 10. The minimum absolute atomic E-state index is 0.245. The highest BCUT2D eigenvalue weighted by Gasteiger charge is 2.14. The number of benzene rings is 2. The third-order valence-corrected chi connectivity index (χ3v) is 6.41. The van der Waals surface area contributed by atoms with Crippen LogP contribution in [0.25, 0.3) is 10.9 Å². The molecule has 2 aromatic carbocycles. The molecule has 2 N–H and O–H groups in total. The van der Waals surface area contributed by atoms with Gasteiger partial charge in [-0.1, -0.05) is 11.3 Å². The van der Waals surface area contributed by atoms with Gasteiger partial charge < -0.3 is 25.2 Å². The highest BCUT2D eigenvalue weighted by molar-refractivity contribution is 5.91. The summed E-state index contributed by atoms with van der Waals surface area (Å²) in [6.07, 6.45) is 3.89. The van der Waals surface area contributed by atoms with Crippen molar-refractivity contribution < 1.29 is 18.3 Å². The summed E-state index contributed by atoms with van der Waals surface area (Å²) < 4.78 is 34.4. The van der Waals surface area contributed by atoms with E-state index in [2.05, 4.69) is 47.8 Å². The van der Waals surface area contributed by atoms with Crippen LogP contribution in [0.3, 0.4) is 0 Å². The third-order valence-electron chi connectivity index (χ3n) is 6.41. The summed E-state index contributed by atoms with van der Waals surface area (Å²) in [6.45, 7) is 5.78. The minimum Gasteiger partial charge on any atom is -0.493 e. The molecule has 0 unspecified atom stereocenters. The van der Waals surface area contributed by atoms with Crippen LogP contribution in [0.1, 0.15) is 6.42 Å². The Labute approximate surface area is 223 Å². The van der Waals surface area contributed by atoms with Crippen molar-refractivity contribution in [1.82, 2.24) is 34.8 Å². The third kappa shape index (κ3) is 6.81. The zero-order valence-electron chi connectivity index (χ0n) is 21.5. The van der Waals surface area contributed by atoms with Crippen LogP contribution in [0.5, 0.6) is 5.75 Å².